The fourth-order valence-corrected chi connectivity index (χ4v) is 5.30. The molecule has 2 nitrogen and oxygen atoms in total. The van der Waals surface area contributed by atoms with E-state index in [0.717, 1.165) is 16.8 Å². The average Bonchev–Trinajstić information content (AvgIpc) is 2.70. The lowest BCUT2D eigenvalue weighted by Gasteiger charge is -2.23. The molecule has 1 N–H and O–H groups in total. The van der Waals surface area contributed by atoms with Crippen LogP contribution in [-0.4, -0.2) is 18.2 Å². The standard InChI is InChI=1S/C28H37NOSi/c1-17(2)22-11-10-12-23(18(3)4)28(22)25-16-27(19(5)20(6)30)29-26-14-13-21(15-24(25)26)31(7,8)9/h10-18,30H,1-9H3/b20-19-. The zero-order valence-corrected chi connectivity index (χ0v) is 21.6. The van der Waals surface area contributed by atoms with Crippen LogP contribution in [0.15, 0.2) is 48.2 Å². The highest BCUT2D eigenvalue weighted by molar-refractivity contribution is 6.88. The molecule has 0 bridgehead atoms. The summed E-state index contributed by atoms with van der Waals surface area (Å²) in [5.74, 6) is 1.14. The zero-order valence-electron chi connectivity index (χ0n) is 20.6. The third kappa shape index (κ3) is 4.62. The molecular weight excluding hydrogens is 394 g/mol. The number of fused-ring (bicyclic) bond motifs is 1. The molecule has 0 amide bonds. The van der Waals surface area contributed by atoms with Gasteiger partial charge in [-0.1, -0.05) is 82.9 Å². The monoisotopic (exact) mass is 431 g/mol. The second kappa shape index (κ2) is 8.62. The first kappa shape index (κ1) is 23.3. The van der Waals surface area contributed by atoms with E-state index in [1.54, 1.807) is 6.92 Å². The molecule has 0 saturated heterocycles. The van der Waals surface area contributed by atoms with E-state index in [4.69, 9.17) is 4.98 Å². The Morgan fingerprint density at radius 1 is 0.871 bits per heavy atom. The van der Waals surface area contributed by atoms with E-state index in [-0.39, 0.29) is 0 Å². The van der Waals surface area contributed by atoms with Crippen molar-refractivity contribution in [2.75, 3.05) is 0 Å². The molecule has 3 rings (SSSR count). The number of pyridine rings is 1. The average molecular weight is 432 g/mol. The van der Waals surface area contributed by atoms with Crippen molar-refractivity contribution in [2.45, 2.75) is 73.0 Å². The van der Waals surface area contributed by atoms with Gasteiger partial charge in [0.25, 0.3) is 0 Å². The van der Waals surface area contributed by atoms with Gasteiger partial charge >= 0.3 is 0 Å². The molecule has 31 heavy (non-hydrogen) atoms. The van der Waals surface area contributed by atoms with Gasteiger partial charge in [-0.25, -0.2) is 4.98 Å². The van der Waals surface area contributed by atoms with Gasteiger partial charge in [-0.2, -0.15) is 0 Å². The van der Waals surface area contributed by atoms with Gasteiger partial charge < -0.3 is 5.11 Å². The fraction of sp³-hybridized carbons (Fsp3) is 0.393. The summed E-state index contributed by atoms with van der Waals surface area (Å²) in [6, 6.07) is 15.7. The lowest BCUT2D eigenvalue weighted by atomic mass is 9.83. The first-order valence-corrected chi connectivity index (χ1v) is 14.9. The molecule has 0 saturated carbocycles. The number of aliphatic hydroxyl groups excluding tert-OH is 1. The van der Waals surface area contributed by atoms with Gasteiger partial charge in [0.1, 0.15) is 0 Å². The summed E-state index contributed by atoms with van der Waals surface area (Å²) in [6.07, 6.45) is 0. The number of hydrogen-bond acceptors (Lipinski definition) is 2. The Hall–Kier alpha value is -2.39. The number of hydrogen-bond donors (Lipinski definition) is 1. The molecule has 0 aliphatic heterocycles. The number of benzene rings is 2. The fourth-order valence-electron chi connectivity index (χ4n) is 4.14. The van der Waals surface area contributed by atoms with Crippen LogP contribution in [0.4, 0.5) is 0 Å². The second-order valence-corrected chi connectivity index (χ2v) is 15.4. The van der Waals surface area contributed by atoms with E-state index in [0.29, 0.717) is 17.6 Å². The van der Waals surface area contributed by atoms with E-state index in [1.807, 2.05) is 6.92 Å². The number of aromatic nitrogens is 1. The quantitative estimate of drug-likeness (QED) is 0.328. The summed E-state index contributed by atoms with van der Waals surface area (Å²) in [7, 11) is -1.48. The molecule has 3 heteroatoms. The summed E-state index contributed by atoms with van der Waals surface area (Å²) in [5.41, 5.74) is 7.95. The minimum Gasteiger partial charge on any atom is -0.512 e. The molecule has 164 valence electrons. The topological polar surface area (TPSA) is 33.1 Å². The molecular formula is C28H37NOSi. The van der Waals surface area contributed by atoms with Crippen molar-refractivity contribution in [3.8, 4) is 11.1 Å². The predicted octanol–water partition coefficient (Wildman–Crippen LogP) is 8.00. The molecule has 0 spiro atoms. The van der Waals surface area contributed by atoms with Crippen molar-refractivity contribution in [1.82, 2.24) is 4.98 Å². The van der Waals surface area contributed by atoms with Crippen LogP contribution in [0.3, 0.4) is 0 Å². The normalized spacial score (nSPS) is 13.3. The van der Waals surface area contributed by atoms with Gasteiger partial charge in [0.15, 0.2) is 0 Å². The van der Waals surface area contributed by atoms with E-state index in [9.17, 15) is 5.11 Å². The Labute approximate surface area is 189 Å². The second-order valence-electron chi connectivity index (χ2n) is 10.4. The van der Waals surface area contributed by atoms with Crippen molar-refractivity contribution < 1.29 is 5.11 Å². The van der Waals surface area contributed by atoms with Gasteiger partial charge in [-0.3, -0.25) is 0 Å². The SMILES string of the molecule is C/C(O)=C(\C)c1cc(-c2c(C(C)C)cccc2C(C)C)c2cc([Si](C)(C)C)ccc2n1. The highest BCUT2D eigenvalue weighted by atomic mass is 28.3. The van der Waals surface area contributed by atoms with Crippen molar-refractivity contribution in [3.05, 3.63) is 65.0 Å². The minimum absolute atomic E-state index is 0.317. The summed E-state index contributed by atoms with van der Waals surface area (Å²) >= 11 is 0. The zero-order chi connectivity index (χ0) is 23.1. The van der Waals surface area contributed by atoms with Crippen LogP contribution in [0, 0.1) is 0 Å². The number of nitrogens with zero attached hydrogens (tertiary/aromatic N) is 1. The van der Waals surface area contributed by atoms with Crippen LogP contribution in [0.1, 0.15) is 70.2 Å². The lowest BCUT2D eigenvalue weighted by Crippen LogP contribution is -2.37. The van der Waals surface area contributed by atoms with Gasteiger partial charge in [-0.05, 0) is 60.1 Å². The van der Waals surface area contributed by atoms with E-state index in [1.165, 1.54) is 32.8 Å². The predicted molar refractivity (Wildman–Crippen MR) is 139 cm³/mol. The Morgan fingerprint density at radius 3 is 1.94 bits per heavy atom. The highest BCUT2D eigenvalue weighted by Crippen LogP contribution is 2.40. The Balaban J connectivity index is 2.52. The summed E-state index contributed by atoms with van der Waals surface area (Å²) in [5, 5.41) is 12.8. The molecule has 0 aliphatic rings. The maximum atomic E-state index is 10.2. The van der Waals surface area contributed by atoms with Crippen molar-refractivity contribution in [1.29, 1.82) is 0 Å². The Kier molecular flexibility index (Phi) is 6.47. The van der Waals surface area contributed by atoms with Gasteiger partial charge in [0, 0.05) is 11.0 Å². The van der Waals surface area contributed by atoms with Gasteiger partial charge in [-0.15, -0.1) is 0 Å². The lowest BCUT2D eigenvalue weighted by molar-refractivity contribution is 0.416. The maximum absolute atomic E-state index is 10.2. The van der Waals surface area contributed by atoms with E-state index < -0.39 is 8.07 Å². The maximum Gasteiger partial charge on any atom is 0.0942 e. The van der Waals surface area contributed by atoms with E-state index >= 15 is 0 Å². The summed E-state index contributed by atoms with van der Waals surface area (Å²) < 4.78 is 0. The molecule has 0 fully saturated rings. The molecule has 2 aromatic carbocycles. The molecule has 1 heterocycles. The smallest absolute Gasteiger partial charge is 0.0942 e. The largest absolute Gasteiger partial charge is 0.512 e. The number of allylic oxidation sites excluding steroid dienone is 2. The first-order chi connectivity index (χ1) is 14.4. The van der Waals surface area contributed by atoms with Crippen LogP contribution >= 0.6 is 0 Å². The van der Waals surface area contributed by atoms with Gasteiger partial charge in [0.05, 0.1) is 25.0 Å². The molecule has 3 aromatic rings. The van der Waals surface area contributed by atoms with Gasteiger partial charge in [0.2, 0.25) is 0 Å². The first-order valence-electron chi connectivity index (χ1n) is 11.4. The summed E-state index contributed by atoms with van der Waals surface area (Å²) in [4.78, 5) is 4.95. The van der Waals surface area contributed by atoms with Crippen LogP contribution in [0.5, 0.6) is 0 Å². The number of aliphatic hydroxyl groups is 1. The number of rotatable bonds is 5. The highest BCUT2D eigenvalue weighted by Gasteiger charge is 2.22. The van der Waals surface area contributed by atoms with Crippen LogP contribution in [0.2, 0.25) is 19.6 Å². The molecule has 0 radical (unpaired) electrons. The van der Waals surface area contributed by atoms with Crippen molar-refractivity contribution in [3.63, 3.8) is 0 Å². The Bertz CT molecular complexity index is 1120. The molecule has 1 aromatic heterocycles. The summed E-state index contributed by atoms with van der Waals surface area (Å²) in [6.45, 7) is 19.9. The molecule has 0 aliphatic carbocycles. The van der Waals surface area contributed by atoms with Crippen LogP contribution in [-0.2, 0) is 0 Å². The van der Waals surface area contributed by atoms with Crippen LogP contribution in [0.25, 0.3) is 27.6 Å². The third-order valence-corrected chi connectivity index (χ3v) is 8.29. The van der Waals surface area contributed by atoms with Crippen molar-refractivity contribution in [2.24, 2.45) is 0 Å². The Morgan fingerprint density at radius 2 is 1.45 bits per heavy atom. The minimum atomic E-state index is -1.48. The molecule has 0 unspecified atom stereocenters. The van der Waals surface area contributed by atoms with Crippen LogP contribution < -0.4 is 5.19 Å². The third-order valence-electron chi connectivity index (χ3n) is 6.24. The van der Waals surface area contributed by atoms with E-state index in [2.05, 4.69) is 89.8 Å². The van der Waals surface area contributed by atoms with Crippen molar-refractivity contribution >= 4 is 29.7 Å². The molecule has 0 atom stereocenters.